The van der Waals surface area contributed by atoms with Crippen molar-refractivity contribution < 1.29 is 14.3 Å². The molecule has 8 nitrogen and oxygen atoms in total. The van der Waals surface area contributed by atoms with Crippen molar-refractivity contribution in [1.29, 1.82) is 0 Å². The van der Waals surface area contributed by atoms with Gasteiger partial charge in [-0.15, -0.1) is 5.10 Å². The van der Waals surface area contributed by atoms with Crippen LogP contribution in [0.25, 0.3) is 0 Å². The summed E-state index contributed by atoms with van der Waals surface area (Å²) < 4.78 is 6.93. The predicted molar refractivity (Wildman–Crippen MR) is 115 cm³/mol. The molecule has 0 aliphatic heterocycles. The monoisotopic (exact) mass is 407 g/mol. The molecule has 2 N–H and O–H groups in total. The molecule has 0 aliphatic rings. The first-order chi connectivity index (χ1) is 14.4. The SMILES string of the molecule is CCOc1ccccc1NC(=O)c1nnn(CC(=O)Nc2ccc(C)c(C)c2)c1C. The third kappa shape index (κ3) is 4.83. The smallest absolute Gasteiger partial charge is 0.278 e. The number of ether oxygens (including phenoxy) is 1. The minimum absolute atomic E-state index is 0.0471. The Morgan fingerprint density at radius 2 is 1.80 bits per heavy atom. The third-order valence-electron chi connectivity index (χ3n) is 4.72. The van der Waals surface area contributed by atoms with E-state index >= 15 is 0 Å². The minimum Gasteiger partial charge on any atom is -0.492 e. The molecule has 8 heteroatoms. The van der Waals surface area contributed by atoms with Gasteiger partial charge in [0.05, 0.1) is 18.0 Å². The molecule has 0 bridgehead atoms. The minimum atomic E-state index is -0.416. The predicted octanol–water partition coefficient (Wildman–Crippen LogP) is 3.49. The van der Waals surface area contributed by atoms with Crippen LogP contribution in [0.3, 0.4) is 0 Å². The van der Waals surface area contributed by atoms with E-state index in [4.69, 9.17) is 4.74 Å². The van der Waals surface area contributed by atoms with Crippen LogP contribution in [-0.4, -0.2) is 33.4 Å². The van der Waals surface area contributed by atoms with Gasteiger partial charge in [0.1, 0.15) is 12.3 Å². The number of nitrogens with zero attached hydrogens (tertiary/aromatic N) is 3. The van der Waals surface area contributed by atoms with E-state index in [1.54, 1.807) is 25.1 Å². The number of nitrogens with one attached hydrogen (secondary N) is 2. The molecule has 30 heavy (non-hydrogen) atoms. The summed E-state index contributed by atoms with van der Waals surface area (Å²) in [7, 11) is 0. The van der Waals surface area contributed by atoms with Crippen LogP contribution in [0.1, 0.15) is 34.2 Å². The molecule has 1 heterocycles. The first-order valence-corrected chi connectivity index (χ1v) is 9.69. The largest absolute Gasteiger partial charge is 0.492 e. The molecule has 3 aromatic rings. The van der Waals surface area contributed by atoms with Crippen molar-refractivity contribution in [1.82, 2.24) is 15.0 Å². The molecular weight excluding hydrogens is 382 g/mol. The van der Waals surface area contributed by atoms with E-state index in [1.807, 2.05) is 45.0 Å². The van der Waals surface area contributed by atoms with Crippen LogP contribution in [0, 0.1) is 20.8 Å². The van der Waals surface area contributed by atoms with Crippen LogP contribution in [0.4, 0.5) is 11.4 Å². The Hall–Kier alpha value is -3.68. The maximum absolute atomic E-state index is 12.7. The second-order valence-corrected chi connectivity index (χ2v) is 6.91. The van der Waals surface area contributed by atoms with E-state index < -0.39 is 5.91 Å². The lowest BCUT2D eigenvalue weighted by molar-refractivity contribution is -0.117. The van der Waals surface area contributed by atoms with Crippen molar-refractivity contribution in [2.24, 2.45) is 0 Å². The lowest BCUT2D eigenvalue weighted by Crippen LogP contribution is -2.21. The Balaban J connectivity index is 1.68. The molecule has 0 saturated carbocycles. The van der Waals surface area contributed by atoms with Gasteiger partial charge in [-0.1, -0.05) is 23.4 Å². The molecule has 0 fully saturated rings. The molecule has 3 rings (SSSR count). The van der Waals surface area contributed by atoms with Gasteiger partial charge >= 0.3 is 0 Å². The zero-order chi connectivity index (χ0) is 21.7. The number of aromatic nitrogens is 3. The second-order valence-electron chi connectivity index (χ2n) is 6.91. The summed E-state index contributed by atoms with van der Waals surface area (Å²) in [6.45, 7) is 8.01. The molecular formula is C22H25N5O3. The Labute approximate surface area is 175 Å². The normalized spacial score (nSPS) is 10.5. The molecule has 2 amide bonds. The molecule has 2 aromatic carbocycles. The van der Waals surface area contributed by atoms with Gasteiger partial charge in [-0.2, -0.15) is 0 Å². The van der Waals surface area contributed by atoms with Crippen LogP contribution in [0.15, 0.2) is 42.5 Å². The molecule has 0 saturated heterocycles. The van der Waals surface area contributed by atoms with E-state index in [-0.39, 0.29) is 18.1 Å². The molecule has 0 aliphatic carbocycles. The van der Waals surface area contributed by atoms with Crippen molar-refractivity contribution in [3.05, 3.63) is 65.0 Å². The van der Waals surface area contributed by atoms with Gasteiger partial charge in [0.25, 0.3) is 5.91 Å². The topological polar surface area (TPSA) is 98.1 Å². The Morgan fingerprint density at radius 3 is 2.53 bits per heavy atom. The lowest BCUT2D eigenvalue weighted by Gasteiger charge is -2.10. The first-order valence-electron chi connectivity index (χ1n) is 9.69. The van der Waals surface area contributed by atoms with Gasteiger partial charge in [0, 0.05) is 5.69 Å². The second kappa shape index (κ2) is 9.21. The van der Waals surface area contributed by atoms with Crippen LogP contribution in [-0.2, 0) is 11.3 Å². The summed E-state index contributed by atoms with van der Waals surface area (Å²) in [6.07, 6.45) is 0. The lowest BCUT2D eigenvalue weighted by atomic mass is 10.1. The van der Waals surface area contributed by atoms with E-state index in [0.717, 1.165) is 11.1 Å². The van der Waals surface area contributed by atoms with E-state index in [0.29, 0.717) is 29.4 Å². The maximum Gasteiger partial charge on any atom is 0.278 e. The molecule has 156 valence electrons. The van der Waals surface area contributed by atoms with Crippen LogP contribution >= 0.6 is 0 Å². The van der Waals surface area contributed by atoms with Gasteiger partial charge in [0.15, 0.2) is 5.69 Å². The average Bonchev–Trinajstić information content (AvgIpc) is 3.07. The zero-order valence-corrected chi connectivity index (χ0v) is 17.5. The fourth-order valence-electron chi connectivity index (χ4n) is 2.91. The van der Waals surface area contributed by atoms with Crippen molar-refractivity contribution in [2.75, 3.05) is 17.2 Å². The number of carbonyl (C=O) groups excluding carboxylic acids is 2. The first kappa shape index (κ1) is 21.0. The average molecular weight is 407 g/mol. The number of aryl methyl sites for hydroxylation is 2. The standard InChI is InChI=1S/C22H25N5O3/c1-5-30-19-9-7-6-8-18(19)24-22(29)21-16(4)27(26-25-21)13-20(28)23-17-11-10-14(2)15(3)12-17/h6-12H,5,13H2,1-4H3,(H,23,28)(H,24,29). The van der Waals surface area contributed by atoms with Crippen LogP contribution in [0.2, 0.25) is 0 Å². The Morgan fingerprint density at radius 1 is 1.03 bits per heavy atom. The number of amides is 2. The summed E-state index contributed by atoms with van der Waals surface area (Å²) in [5.74, 6) is -0.0912. The fraction of sp³-hybridized carbons (Fsp3) is 0.273. The summed E-state index contributed by atoms with van der Waals surface area (Å²) in [6, 6.07) is 12.9. The number of hydrogen-bond donors (Lipinski definition) is 2. The zero-order valence-electron chi connectivity index (χ0n) is 17.5. The van der Waals surface area contributed by atoms with Gasteiger partial charge < -0.3 is 15.4 Å². The molecule has 0 spiro atoms. The summed E-state index contributed by atoms with van der Waals surface area (Å²) in [4.78, 5) is 25.1. The maximum atomic E-state index is 12.7. The van der Waals surface area contributed by atoms with Crippen molar-refractivity contribution in [2.45, 2.75) is 34.2 Å². The number of hydrogen-bond acceptors (Lipinski definition) is 5. The number of carbonyl (C=O) groups is 2. The Bertz CT molecular complexity index is 1070. The van der Waals surface area contributed by atoms with Crippen LogP contribution in [0.5, 0.6) is 5.75 Å². The quantitative estimate of drug-likeness (QED) is 0.625. The van der Waals surface area contributed by atoms with E-state index in [1.165, 1.54) is 4.68 Å². The molecule has 0 atom stereocenters. The highest BCUT2D eigenvalue weighted by atomic mass is 16.5. The number of rotatable bonds is 7. The van der Waals surface area contributed by atoms with Crippen molar-refractivity contribution >= 4 is 23.2 Å². The third-order valence-corrected chi connectivity index (χ3v) is 4.72. The van der Waals surface area contributed by atoms with E-state index in [2.05, 4.69) is 20.9 Å². The number of para-hydroxylation sites is 2. The summed E-state index contributed by atoms with van der Waals surface area (Å²) in [5.41, 5.74) is 4.16. The van der Waals surface area contributed by atoms with Gasteiger partial charge in [-0.3, -0.25) is 9.59 Å². The van der Waals surface area contributed by atoms with Crippen molar-refractivity contribution in [3.8, 4) is 5.75 Å². The highest BCUT2D eigenvalue weighted by Gasteiger charge is 2.19. The molecule has 1 aromatic heterocycles. The molecule has 0 unspecified atom stereocenters. The summed E-state index contributed by atoms with van der Waals surface area (Å²) in [5, 5.41) is 13.5. The number of benzene rings is 2. The molecule has 0 radical (unpaired) electrons. The summed E-state index contributed by atoms with van der Waals surface area (Å²) >= 11 is 0. The number of anilines is 2. The van der Waals surface area contributed by atoms with Gasteiger partial charge in [-0.25, -0.2) is 4.68 Å². The Kier molecular flexibility index (Phi) is 6.46. The highest BCUT2D eigenvalue weighted by Crippen LogP contribution is 2.24. The van der Waals surface area contributed by atoms with Gasteiger partial charge in [-0.05, 0) is 63.1 Å². The highest BCUT2D eigenvalue weighted by molar-refractivity contribution is 6.04. The van der Waals surface area contributed by atoms with Crippen molar-refractivity contribution in [3.63, 3.8) is 0 Å². The van der Waals surface area contributed by atoms with Crippen LogP contribution < -0.4 is 15.4 Å². The fourth-order valence-corrected chi connectivity index (χ4v) is 2.91. The van der Waals surface area contributed by atoms with Gasteiger partial charge in [0.2, 0.25) is 5.91 Å². The van der Waals surface area contributed by atoms with E-state index in [9.17, 15) is 9.59 Å².